The van der Waals surface area contributed by atoms with Gasteiger partial charge < -0.3 is 10.2 Å². The van der Waals surface area contributed by atoms with Crippen LogP contribution in [0.2, 0.25) is 0 Å². The lowest BCUT2D eigenvalue weighted by atomic mass is 10.2. The van der Waals surface area contributed by atoms with Gasteiger partial charge in [-0.3, -0.25) is 9.59 Å². The highest BCUT2D eigenvalue weighted by atomic mass is 16.2. The molecule has 0 atom stereocenters. The summed E-state index contributed by atoms with van der Waals surface area (Å²) in [6, 6.07) is 17.3. The molecule has 6 heteroatoms. The molecule has 0 saturated heterocycles. The number of carbonyl (C=O) groups excluding carboxylic acids is 2. The molecule has 25 heavy (non-hydrogen) atoms. The molecule has 0 aliphatic rings. The van der Waals surface area contributed by atoms with Crippen LogP contribution in [0.1, 0.15) is 24.5 Å². The third-order valence-corrected chi connectivity index (χ3v) is 3.57. The number of nitrogens with zero attached hydrogens (tertiary/aromatic N) is 3. The summed E-state index contributed by atoms with van der Waals surface area (Å²) in [5, 5.41) is 20.5. The minimum Gasteiger partial charge on any atom is -0.325 e. The summed E-state index contributed by atoms with van der Waals surface area (Å²) < 4.78 is 0. The molecule has 0 bridgehead atoms. The fourth-order valence-corrected chi connectivity index (χ4v) is 2.30. The van der Waals surface area contributed by atoms with Gasteiger partial charge in [0, 0.05) is 25.6 Å². The van der Waals surface area contributed by atoms with Crippen LogP contribution >= 0.6 is 0 Å². The molecule has 0 aromatic heterocycles. The molecule has 1 N–H and O–H groups in total. The van der Waals surface area contributed by atoms with Crippen molar-refractivity contribution >= 4 is 23.2 Å². The maximum absolute atomic E-state index is 12.1. The largest absolute Gasteiger partial charge is 0.325 e. The molecule has 0 aliphatic carbocycles. The van der Waals surface area contributed by atoms with Gasteiger partial charge in [-0.15, -0.1) is 0 Å². The van der Waals surface area contributed by atoms with Crippen LogP contribution in [0.4, 0.5) is 11.4 Å². The number of nitriles is 2. The average molecular weight is 332 g/mol. The topological polar surface area (TPSA) is 97.0 Å². The molecule has 0 radical (unpaired) electrons. The quantitative estimate of drug-likeness (QED) is 0.910. The zero-order valence-corrected chi connectivity index (χ0v) is 13.7. The molecule has 2 amide bonds. The third kappa shape index (κ3) is 4.66. The Bertz CT molecular complexity index is 860. The van der Waals surface area contributed by atoms with Gasteiger partial charge in [0.25, 0.3) is 0 Å². The van der Waals surface area contributed by atoms with Crippen LogP contribution in [0.15, 0.2) is 48.5 Å². The molecule has 0 spiro atoms. The van der Waals surface area contributed by atoms with Gasteiger partial charge in [0.15, 0.2) is 0 Å². The molecular weight excluding hydrogens is 316 g/mol. The van der Waals surface area contributed by atoms with Crippen LogP contribution in [0.25, 0.3) is 0 Å². The van der Waals surface area contributed by atoms with Crippen molar-refractivity contribution in [1.29, 1.82) is 10.5 Å². The number of rotatable bonds is 5. The van der Waals surface area contributed by atoms with E-state index in [1.165, 1.54) is 11.8 Å². The number of benzene rings is 2. The van der Waals surface area contributed by atoms with Gasteiger partial charge >= 0.3 is 0 Å². The molecule has 6 nitrogen and oxygen atoms in total. The Morgan fingerprint density at radius 3 is 2.32 bits per heavy atom. The molecule has 2 aromatic rings. The van der Waals surface area contributed by atoms with Crippen molar-refractivity contribution in [3.05, 3.63) is 59.7 Å². The van der Waals surface area contributed by atoms with Crippen LogP contribution in [0.5, 0.6) is 0 Å². The minimum atomic E-state index is -0.289. The number of para-hydroxylation sites is 1. The smallest absolute Gasteiger partial charge is 0.226 e. The second kappa shape index (κ2) is 8.28. The van der Waals surface area contributed by atoms with E-state index in [0.29, 0.717) is 22.5 Å². The predicted octanol–water partition coefficient (Wildman–Crippen LogP) is 2.81. The van der Waals surface area contributed by atoms with Gasteiger partial charge in [-0.05, 0) is 36.4 Å². The Labute approximate surface area is 145 Å². The lowest BCUT2D eigenvalue weighted by molar-refractivity contribution is -0.117. The molecule has 0 aliphatic heterocycles. The summed E-state index contributed by atoms with van der Waals surface area (Å²) in [5.41, 5.74) is 1.95. The summed E-state index contributed by atoms with van der Waals surface area (Å²) in [6.07, 6.45) is 0.0827. The molecule has 124 valence electrons. The number of nitrogens with one attached hydrogen (secondary N) is 1. The van der Waals surface area contributed by atoms with Gasteiger partial charge in [-0.2, -0.15) is 10.5 Å². The lowest BCUT2D eigenvalue weighted by Crippen LogP contribution is -2.32. The lowest BCUT2D eigenvalue weighted by Gasteiger charge is -2.21. The monoisotopic (exact) mass is 332 g/mol. The van der Waals surface area contributed by atoms with E-state index in [0.717, 1.165) is 0 Å². The summed E-state index contributed by atoms with van der Waals surface area (Å²) in [6.45, 7) is 1.61. The van der Waals surface area contributed by atoms with Crippen molar-refractivity contribution in [3.63, 3.8) is 0 Å². The Balaban J connectivity index is 2.03. The van der Waals surface area contributed by atoms with Gasteiger partial charge in [-0.1, -0.05) is 12.1 Å². The van der Waals surface area contributed by atoms with Crippen molar-refractivity contribution in [2.24, 2.45) is 0 Å². The van der Waals surface area contributed by atoms with Crippen LogP contribution in [0, 0.1) is 22.7 Å². The van der Waals surface area contributed by atoms with Gasteiger partial charge in [0.1, 0.15) is 6.07 Å². The van der Waals surface area contributed by atoms with Gasteiger partial charge in [0.05, 0.1) is 22.9 Å². The zero-order chi connectivity index (χ0) is 18.2. The van der Waals surface area contributed by atoms with Gasteiger partial charge in [-0.25, -0.2) is 0 Å². The van der Waals surface area contributed by atoms with Crippen molar-refractivity contribution in [3.8, 4) is 12.1 Å². The number of anilines is 2. The predicted molar refractivity (Wildman–Crippen MR) is 93.6 cm³/mol. The van der Waals surface area contributed by atoms with Crippen molar-refractivity contribution in [2.45, 2.75) is 13.3 Å². The molecule has 2 rings (SSSR count). The van der Waals surface area contributed by atoms with Crippen molar-refractivity contribution in [1.82, 2.24) is 0 Å². The SMILES string of the molecule is CC(=O)N(CCC(=O)Nc1ccccc1C#N)c1ccc(C#N)cc1. The Hall–Kier alpha value is -3.64. The summed E-state index contributed by atoms with van der Waals surface area (Å²) in [4.78, 5) is 25.5. The van der Waals surface area contributed by atoms with Crippen molar-refractivity contribution < 1.29 is 9.59 Å². The number of hydrogen-bond acceptors (Lipinski definition) is 4. The van der Waals surface area contributed by atoms with E-state index in [4.69, 9.17) is 10.5 Å². The first-order chi connectivity index (χ1) is 12.0. The van der Waals surface area contributed by atoms with Crippen molar-refractivity contribution in [2.75, 3.05) is 16.8 Å². The molecule has 0 saturated carbocycles. The maximum Gasteiger partial charge on any atom is 0.226 e. The second-order valence-corrected chi connectivity index (χ2v) is 5.28. The summed E-state index contributed by atoms with van der Waals surface area (Å²) >= 11 is 0. The van der Waals surface area contributed by atoms with E-state index < -0.39 is 0 Å². The highest BCUT2D eigenvalue weighted by Crippen LogP contribution is 2.17. The van der Waals surface area contributed by atoms with Crippen LogP contribution in [0.3, 0.4) is 0 Å². The first-order valence-electron chi connectivity index (χ1n) is 7.62. The van der Waals surface area contributed by atoms with Crippen LogP contribution < -0.4 is 10.2 Å². The van der Waals surface area contributed by atoms with Crippen LogP contribution in [-0.4, -0.2) is 18.4 Å². The maximum atomic E-state index is 12.1. The Morgan fingerprint density at radius 2 is 1.72 bits per heavy atom. The fraction of sp³-hybridized carbons (Fsp3) is 0.158. The van der Waals surface area contributed by atoms with E-state index in [9.17, 15) is 9.59 Å². The van der Waals surface area contributed by atoms with E-state index >= 15 is 0 Å². The summed E-state index contributed by atoms with van der Waals surface area (Å²) in [5.74, 6) is -0.488. The summed E-state index contributed by atoms with van der Waals surface area (Å²) in [7, 11) is 0. The van der Waals surface area contributed by atoms with Gasteiger partial charge in [0.2, 0.25) is 11.8 Å². The molecule has 2 aromatic carbocycles. The third-order valence-electron chi connectivity index (χ3n) is 3.57. The number of amides is 2. The van der Waals surface area contributed by atoms with E-state index in [1.807, 2.05) is 12.1 Å². The van der Waals surface area contributed by atoms with E-state index in [-0.39, 0.29) is 24.8 Å². The molecule has 0 fully saturated rings. The van der Waals surface area contributed by atoms with Crippen LogP contribution in [-0.2, 0) is 9.59 Å². The fourth-order valence-electron chi connectivity index (χ4n) is 2.30. The second-order valence-electron chi connectivity index (χ2n) is 5.28. The Morgan fingerprint density at radius 1 is 1.04 bits per heavy atom. The molecule has 0 unspecified atom stereocenters. The normalized spacial score (nSPS) is 9.56. The highest BCUT2D eigenvalue weighted by Gasteiger charge is 2.14. The molecule has 0 heterocycles. The van der Waals surface area contributed by atoms with E-state index in [1.54, 1.807) is 48.5 Å². The Kier molecular flexibility index (Phi) is 5.86. The molecular formula is C19H16N4O2. The first-order valence-corrected chi connectivity index (χ1v) is 7.62. The van der Waals surface area contributed by atoms with E-state index in [2.05, 4.69) is 5.32 Å². The standard InChI is InChI=1S/C19H16N4O2/c1-14(24)23(17-8-6-15(12-20)7-9-17)11-10-19(25)22-18-5-3-2-4-16(18)13-21/h2-9H,10-11H2,1H3,(H,22,25). The average Bonchev–Trinajstić information content (AvgIpc) is 2.62. The first kappa shape index (κ1) is 17.7. The highest BCUT2D eigenvalue weighted by molar-refractivity contribution is 5.95. The zero-order valence-electron chi connectivity index (χ0n) is 13.7. The number of carbonyl (C=O) groups is 2. The minimum absolute atomic E-state index is 0.0827. The number of hydrogen-bond donors (Lipinski definition) is 1.